The number of nitrogens with zero attached hydrogens (tertiary/aromatic N) is 1. The van der Waals surface area contributed by atoms with Crippen molar-refractivity contribution >= 4 is 38.9 Å². The Kier molecular flexibility index (Phi) is 8.60. The number of carbonyl (C=O) groups is 1. The van der Waals surface area contributed by atoms with Crippen LogP contribution in [0.1, 0.15) is 34.7 Å². The zero-order valence-electron chi connectivity index (χ0n) is 19.6. The summed E-state index contributed by atoms with van der Waals surface area (Å²) in [5.41, 5.74) is 1.39. The van der Waals surface area contributed by atoms with Gasteiger partial charge in [-0.2, -0.15) is 0 Å². The average molecular weight is 530 g/mol. The summed E-state index contributed by atoms with van der Waals surface area (Å²) in [7, 11) is 1.44. The maximum Gasteiger partial charge on any atom is 0.254 e. The number of hydrogen-bond acceptors (Lipinski definition) is 6. The number of hydrogen-bond donors (Lipinski definition) is 0. The fourth-order valence-electron chi connectivity index (χ4n) is 4.45. The van der Waals surface area contributed by atoms with E-state index in [1.807, 2.05) is 12.1 Å². The van der Waals surface area contributed by atoms with Crippen LogP contribution in [0.25, 0.3) is 0 Å². The fourth-order valence-corrected chi connectivity index (χ4v) is 5.44. The molecule has 0 N–H and O–H groups in total. The summed E-state index contributed by atoms with van der Waals surface area (Å²) >= 11 is 12.4. The first-order valence-electron chi connectivity index (χ1n) is 10.8. The Hall–Kier alpha value is -2.16. The number of benzene rings is 2. The molecular weight excluding hydrogens is 501 g/mol. The number of likely N-dealkylation sites (tertiary alicyclic amines) is 1. The van der Waals surface area contributed by atoms with Crippen LogP contribution in [0.4, 0.5) is 0 Å². The second-order valence-electron chi connectivity index (χ2n) is 8.44. The van der Waals surface area contributed by atoms with E-state index in [4.69, 9.17) is 37.4 Å². The van der Waals surface area contributed by atoms with Gasteiger partial charge in [0.15, 0.2) is 11.5 Å². The molecule has 1 aliphatic rings. The number of amides is 1. The van der Waals surface area contributed by atoms with Crippen LogP contribution in [0.15, 0.2) is 30.3 Å². The largest absolute Gasteiger partial charge is 0.493 e. The van der Waals surface area contributed by atoms with Gasteiger partial charge in [0.25, 0.3) is 5.91 Å². The van der Waals surface area contributed by atoms with Crippen LogP contribution in [0.2, 0.25) is 10.0 Å². The van der Waals surface area contributed by atoms with Gasteiger partial charge in [-0.05, 0) is 48.6 Å². The molecule has 0 bridgehead atoms. The molecule has 0 aliphatic carbocycles. The molecule has 1 saturated heterocycles. The summed E-state index contributed by atoms with van der Waals surface area (Å²) in [6.07, 6.45) is 2.42. The zero-order chi connectivity index (χ0) is 25.0. The van der Waals surface area contributed by atoms with Crippen LogP contribution in [0.5, 0.6) is 17.2 Å². The molecule has 0 saturated carbocycles. The molecule has 7 nitrogen and oxygen atoms in total. The second-order valence-corrected chi connectivity index (χ2v) is 11.5. The third kappa shape index (κ3) is 6.09. The van der Waals surface area contributed by atoms with Crippen LogP contribution in [0.3, 0.4) is 0 Å². The second kappa shape index (κ2) is 11.1. The maximum atomic E-state index is 13.5. The Bertz CT molecular complexity index is 1130. The smallest absolute Gasteiger partial charge is 0.254 e. The van der Waals surface area contributed by atoms with E-state index in [1.165, 1.54) is 27.6 Å². The molecule has 1 aliphatic heterocycles. The van der Waals surface area contributed by atoms with E-state index in [-0.39, 0.29) is 23.5 Å². The minimum Gasteiger partial charge on any atom is -0.493 e. The van der Waals surface area contributed by atoms with Crippen molar-refractivity contribution in [3.63, 3.8) is 0 Å². The minimum absolute atomic E-state index is 0.000293. The molecule has 34 heavy (non-hydrogen) atoms. The molecule has 0 spiro atoms. The van der Waals surface area contributed by atoms with E-state index >= 15 is 0 Å². The van der Waals surface area contributed by atoms with E-state index in [0.29, 0.717) is 58.8 Å². The highest BCUT2D eigenvalue weighted by Gasteiger charge is 2.37. The Morgan fingerprint density at radius 3 is 2.18 bits per heavy atom. The van der Waals surface area contributed by atoms with Gasteiger partial charge in [-0.15, -0.1) is 0 Å². The standard InChI is InChI=1S/C24H29Cl2NO6S/c1-31-21-11-17(12-22(32-2)23(21)33-3)24(28)27-13-16(6-5-9-34(4,29)30)18(14-27)15-7-8-19(25)20(26)10-15/h7-8,10-12,16,18H,5-6,9,13-14H2,1-4H3. The highest BCUT2D eigenvalue weighted by molar-refractivity contribution is 7.90. The molecule has 10 heteroatoms. The predicted molar refractivity (Wildman–Crippen MR) is 134 cm³/mol. The van der Waals surface area contributed by atoms with E-state index in [9.17, 15) is 13.2 Å². The number of sulfone groups is 1. The molecule has 3 rings (SSSR count). The third-order valence-corrected chi connectivity index (χ3v) is 7.87. The SMILES string of the molecule is COc1cc(C(=O)N2CC(CCCS(C)(=O)=O)C(c3ccc(Cl)c(Cl)c3)C2)cc(OC)c1OC. The van der Waals surface area contributed by atoms with Gasteiger partial charge in [-0.3, -0.25) is 4.79 Å². The zero-order valence-corrected chi connectivity index (χ0v) is 22.0. The highest BCUT2D eigenvalue weighted by Crippen LogP contribution is 2.41. The van der Waals surface area contributed by atoms with Crippen molar-refractivity contribution in [2.45, 2.75) is 18.8 Å². The van der Waals surface area contributed by atoms with Crippen molar-refractivity contribution in [2.24, 2.45) is 5.92 Å². The highest BCUT2D eigenvalue weighted by atomic mass is 35.5. The minimum atomic E-state index is -3.06. The van der Waals surface area contributed by atoms with Crippen molar-refractivity contribution in [2.75, 3.05) is 46.4 Å². The van der Waals surface area contributed by atoms with E-state index in [0.717, 1.165) is 5.56 Å². The van der Waals surface area contributed by atoms with Gasteiger partial charge in [0.1, 0.15) is 9.84 Å². The molecule has 186 valence electrons. The third-order valence-electron chi connectivity index (χ3n) is 6.10. The predicted octanol–water partition coefficient (Wildman–Crippen LogP) is 4.70. The lowest BCUT2D eigenvalue weighted by Gasteiger charge is -2.19. The molecule has 2 aromatic carbocycles. The Morgan fingerprint density at radius 1 is 1.00 bits per heavy atom. The fraction of sp³-hybridized carbons (Fsp3) is 0.458. The molecule has 2 atom stereocenters. The number of halogens is 2. The lowest BCUT2D eigenvalue weighted by Crippen LogP contribution is -2.29. The van der Waals surface area contributed by atoms with Crippen molar-refractivity contribution in [3.05, 3.63) is 51.5 Å². The number of ether oxygens (including phenoxy) is 3. The van der Waals surface area contributed by atoms with Gasteiger partial charge in [0.05, 0.1) is 31.4 Å². The summed E-state index contributed by atoms with van der Waals surface area (Å²) < 4.78 is 39.4. The molecule has 2 unspecified atom stereocenters. The van der Waals surface area contributed by atoms with Crippen molar-refractivity contribution in [3.8, 4) is 17.2 Å². The van der Waals surface area contributed by atoms with E-state index in [1.54, 1.807) is 23.1 Å². The Balaban J connectivity index is 1.89. The molecule has 2 aromatic rings. The first kappa shape index (κ1) is 26.4. The summed E-state index contributed by atoms with van der Waals surface area (Å²) in [6, 6.07) is 8.75. The number of methoxy groups -OCH3 is 3. The topological polar surface area (TPSA) is 82.1 Å². The van der Waals surface area contributed by atoms with Crippen LogP contribution in [-0.2, 0) is 9.84 Å². The van der Waals surface area contributed by atoms with Gasteiger partial charge in [-0.1, -0.05) is 29.3 Å². The summed E-state index contributed by atoms with van der Waals surface area (Å²) in [5, 5.41) is 0.908. The number of rotatable bonds is 9. The van der Waals surface area contributed by atoms with Gasteiger partial charge in [0, 0.05) is 36.6 Å². The molecular formula is C24H29Cl2NO6S. The molecule has 0 radical (unpaired) electrons. The van der Waals surface area contributed by atoms with Gasteiger partial charge >= 0.3 is 0 Å². The monoisotopic (exact) mass is 529 g/mol. The Morgan fingerprint density at radius 2 is 1.65 bits per heavy atom. The normalized spacial score (nSPS) is 18.1. The molecule has 1 amide bonds. The summed E-state index contributed by atoms with van der Waals surface area (Å²) in [6.45, 7) is 0.959. The van der Waals surface area contributed by atoms with Crippen LogP contribution >= 0.6 is 23.2 Å². The molecule has 1 fully saturated rings. The lowest BCUT2D eigenvalue weighted by atomic mass is 9.86. The Labute approximate surface area is 210 Å². The van der Waals surface area contributed by atoms with Crippen molar-refractivity contribution in [1.82, 2.24) is 4.90 Å². The average Bonchev–Trinajstić information content (AvgIpc) is 3.22. The van der Waals surface area contributed by atoms with Gasteiger partial charge in [0.2, 0.25) is 5.75 Å². The van der Waals surface area contributed by atoms with Gasteiger partial charge < -0.3 is 19.1 Å². The van der Waals surface area contributed by atoms with Crippen LogP contribution in [0, 0.1) is 5.92 Å². The van der Waals surface area contributed by atoms with E-state index < -0.39 is 9.84 Å². The van der Waals surface area contributed by atoms with Crippen LogP contribution < -0.4 is 14.2 Å². The lowest BCUT2D eigenvalue weighted by molar-refractivity contribution is 0.0784. The first-order valence-corrected chi connectivity index (χ1v) is 13.6. The molecule has 0 aromatic heterocycles. The van der Waals surface area contributed by atoms with Crippen molar-refractivity contribution < 1.29 is 27.4 Å². The summed E-state index contributed by atoms with van der Waals surface area (Å²) in [4.78, 5) is 15.3. The van der Waals surface area contributed by atoms with Crippen LogP contribution in [-0.4, -0.2) is 65.7 Å². The summed E-state index contributed by atoms with van der Waals surface area (Å²) in [5.74, 6) is 1.22. The molecule has 1 heterocycles. The first-order chi connectivity index (χ1) is 16.1. The number of carbonyl (C=O) groups excluding carboxylic acids is 1. The van der Waals surface area contributed by atoms with Gasteiger partial charge in [-0.25, -0.2) is 8.42 Å². The maximum absolute atomic E-state index is 13.5. The van der Waals surface area contributed by atoms with Crippen molar-refractivity contribution in [1.29, 1.82) is 0 Å². The van der Waals surface area contributed by atoms with E-state index in [2.05, 4.69) is 0 Å². The quantitative estimate of drug-likeness (QED) is 0.468.